The molecule has 0 saturated heterocycles. The minimum absolute atomic E-state index is 0.129. The topological polar surface area (TPSA) is 71.3 Å². The van der Waals surface area contributed by atoms with Crippen molar-refractivity contribution in [2.75, 3.05) is 12.4 Å². The van der Waals surface area contributed by atoms with Crippen molar-refractivity contribution in [3.8, 4) is 0 Å². The third kappa shape index (κ3) is 3.33. The van der Waals surface area contributed by atoms with Crippen LogP contribution in [0, 0.1) is 6.92 Å². The molecule has 0 atom stereocenters. The molecule has 1 aliphatic rings. The van der Waals surface area contributed by atoms with Gasteiger partial charge in [-0.05, 0) is 67.1 Å². The molecule has 0 spiro atoms. The van der Waals surface area contributed by atoms with Crippen molar-refractivity contribution in [3.05, 3.63) is 64.4 Å². The third-order valence-electron chi connectivity index (χ3n) is 5.22. The molecule has 0 fully saturated rings. The average molecular weight is 362 g/mol. The highest BCUT2D eigenvalue weighted by molar-refractivity contribution is 5.99. The predicted molar refractivity (Wildman–Crippen MR) is 105 cm³/mol. The zero-order valence-corrected chi connectivity index (χ0v) is 15.5. The molecule has 27 heavy (non-hydrogen) atoms. The molecule has 4 rings (SSSR count). The molecule has 2 aromatic carbocycles. The van der Waals surface area contributed by atoms with Crippen LogP contribution in [0.2, 0.25) is 0 Å². The summed E-state index contributed by atoms with van der Waals surface area (Å²) in [4.78, 5) is 24.4. The standard InChI is InChI=1S/C22H22N2O3/c1-13-6-7-16(22(26)23-2)9-19(13)24-21(25)11-17-12-27-20-10-15-5-3-4-14(15)8-18(17)20/h6-10,12H,3-5,11H2,1-2H3,(H,23,26)(H,24,25). The first kappa shape index (κ1) is 17.3. The number of amides is 2. The Morgan fingerprint density at radius 1 is 1.11 bits per heavy atom. The number of hydrogen-bond donors (Lipinski definition) is 2. The maximum absolute atomic E-state index is 12.6. The number of benzene rings is 2. The van der Waals surface area contributed by atoms with Gasteiger partial charge >= 0.3 is 0 Å². The van der Waals surface area contributed by atoms with Gasteiger partial charge in [-0.3, -0.25) is 9.59 Å². The van der Waals surface area contributed by atoms with E-state index in [1.165, 1.54) is 17.5 Å². The number of nitrogens with one attached hydrogen (secondary N) is 2. The van der Waals surface area contributed by atoms with Crippen LogP contribution in [0.5, 0.6) is 0 Å². The molecule has 1 aliphatic carbocycles. The lowest BCUT2D eigenvalue weighted by molar-refractivity contribution is -0.115. The highest BCUT2D eigenvalue weighted by Crippen LogP contribution is 2.30. The van der Waals surface area contributed by atoms with Crippen LogP contribution in [0.15, 0.2) is 41.0 Å². The monoisotopic (exact) mass is 362 g/mol. The normalized spacial score (nSPS) is 12.8. The summed E-state index contributed by atoms with van der Waals surface area (Å²) >= 11 is 0. The van der Waals surface area contributed by atoms with Crippen molar-refractivity contribution in [2.24, 2.45) is 0 Å². The van der Waals surface area contributed by atoms with E-state index in [1.807, 2.05) is 13.0 Å². The summed E-state index contributed by atoms with van der Waals surface area (Å²) < 4.78 is 5.68. The van der Waals surface area contributed by atoms with E-state index in [9.17, 15) is 9.59 Å². The molecule has 0 bridgehead atoms. The van der Waals surface area contributed by atoms with Crippen LogP contribution in [-0.4, -0.2) is 18.9 Å². The van der Waals surface area contributed by atoms with Gasteiger partial charge in [0.2, 0.25) is 5.91 Å². The zero-order valence-electron chi connectivity index (χ0n) is 15.5. The minimum atomic E-state index is -0.180. The van der Waals surface area contributed by atoms with Gasteiger partial charge in [0, 0.05) is 29.2 Å². The van der Waals surface area contributed by atoms with E-state index >= 15 is 0 Å². The Morgan fingerprint density at radius 2 is 1.89 bits per heavy atom. The summed E-state index contributed by atoms with van der Waals surface area (Å²) in [6, 6.07) is 9.55. The molecule has 138 valence electrons. The maximum atomic E-state index is 12.6. The third-order valence-corrected chi connectivity index (χ3v) is 5.22. The summed E-state index contributed by atoms with van der Waals surface area (Å²) in [7, 11) is 1.58. The number of furan rings is 1. The van der Waals surface area contributed by atoms with Crippen LogP contribution in [0.25, 0.3) is 11.0 Å². The smallest absolute Gasteiger partial charge is 0.251 e. The first-order valence-electron chi connectivity index (χ1n) is 9.19. The first-order chi connectivity index (χ1) is 13.0. The second kappa shape index (κ2) is 6.91. The van der Waals surface area contributed by atoms with Gasteiger partial charge in [0.1, 0.15) is 5.58 Å². The Labute approximate surface area is 157 Å². The molecule has 0 radical (unpaired) electrons. The molecule has 1 aromatic heterocycles. The van der Waals surface area contributed by atoms with Crippen LogP contribution < -0.4 is 10.6 Å². The highest BCUT2D eigenvalue weighted by Gasteiger charge is 2.17. The average Bonchev–Trinajstić information content (AvgIpc) is 3.27. The lowest BCUT2D eigenvalue weighted by Gasteiger charge is -2.10. The zero-order chi connectivity index (χ0) is 19.0. The SMILES string of the molecule is CNC(=O)c1ccc(C)c(NC(=O)Cc2coc3cc4c(cc23)CCC4)c1. The Kier molecular flexibility index (Phi) is 4.44. The van der Waals surface area contributed by atoms with Gasteiger partial charge < -0.3 is 15.1 Å². The fourth-order valence-electron chi connectivity index (χ4n) is 3.69. The van der Waals surface area contributed by atoms with Gasteiger partial charge in [-0.1, -0.05) is 6.07 Å². The fraction of sp³-hybridized carbons (Fsp3) is 0.273. The second-order valence-corrected chi connectivity index (χ2v) is 7.07. The van der Waals surface area contributed by atoms with E-state index in [1.54, 1.807) is 25.4 Å². The first-order valence-corrected chi connectivity index (χ1v) is 9.19. The molecule has 5 heteroatoms. The van der Waals surface area contributed by atoms with Crippen molar-refractivity contribution < 1.29 is 14.0 Å². The summed E-state index contributed by atoms with van der Waals surface area (Å²) in [6.45, 7) is 1.90. The number of fused-ring (bicyclic) bond motifs is 2. The molecule has 2 N–H and O–H groups in total. The summed E-state index contributed by atoms with van der Waals surface area (Å²) in [5, 5.41) is 6.53. The molecule has 3 aromatic rings. The number of carbonyl (C=O) groups is 2. The molecule has 0 aliphatic heterocycles. The van der Waals surface area contributed by atoms with Crippen molar-refractivity contribution >= 4 is 28.5 Å². The second-order valence-electron chi connectivity index (χ2n) is 7.07. The molecular weight excluding hydrogens is 340 g/mol. The predicted octanol–water partition coefficient (Wildman–Crippen LogP) is 3.77. The highest BCUT2D eigenvalue weighted by atomic mass is 16.3. The van der Waals surface area contributed by atoms with Crippen LogP contribution in [0.4, 0.5) is 5.69 Å². The van der Waals surface area contributed by atoms with E-state index in [2.05, 4.69) is 22.8 Å². The Morgan fingerprint density at radius 3 is 2.67 bits per heavy atom. The number of carbonyl (C=O) groups excluding carboxylic acids is 2. The van der Waals surface area contributed by atoms with Gasteiger partial charge in [-0.15, -0.1) is 0 Å². The van der Waals surface area contributed by atoms with Crippen molar-refractivity contribution in [1.29, 1.82) is 0 Å². The molecule has 1 heterocycles. The van der Waals surface area contributed by atoms with Crippen LogP contribution >= 0.6 is 0 Å². The van der Waals surface area contributed by atoms with Crippen molar-refractivity contribution in [3.63, 3.8) is 0 Å². The quantitative estimate of drug-likeness (QED) is 0.742. The van der Waals surface area contributed by atoms with Gasteiger partial charge in [0.25, 0.3) is 5.91 Å². The maximum Gasteiger partial charge on any atom is 0.251 e. The van der Waals surface area contributed by atoms with Gasteiger partial charge in [0.05, 0.1) is 12.7 Å². The van der Waals surface area contributed by atoms with E-state index < -0.39 is 0 Å². The van der Waals surface area contributed by atoms with E-state index in [0.29, 0.717) is 11.3 Å². The lowest BCUT2D eigenvalue weighted by Crippen LogP contribution is -2.19. The van der Waals surface area contributed by atoms with Crippen molar-refractivity contribution in [1.82, 2.24) is 5.32 Å². The number of aryl methyl sites for hydroxylation is 3. The molecule has 0 unspecified atom stereocenters. The van der Waals surface area contributed by atoms with Gasteiger partial charge in [-0.2, -0.15) is 0 Å². The number of rotatable bonds is 4. The van der Waals surface area contributed by atoms with E-state index in [4.69, 9.17) is 4.42 Å². The van der Waals surface area contributed by atoms with Crippen molar-refractivity contribution in [2.45, 2.75) is 32.6 Å². The van der Waals surface area contributed by atoms with Crippen LogP contribution in [0.3, 0.4) is 0 Å². The van der Waals surface area contributed by atoms with Gasteiger partial charge in [0.15, 0.2) is 0 Å². The minimum Gasteiger partial charge on any atom is -0.464 e. The molecular formula is C22H22N2O3. The Hall–Kier alpha value is -3.08. The van der Waals surface area contributed by atoms with E-state index in [-0.39, 0.29) is 18.2 Å². The Bertz CT molecular complexity index is 1050. The van der Waals surface area contributed by atoms with Gasteiger partial charge in [-0.25, -0.2) is 0 Å². The summed E-state index contributed by atoms with van der Waals surface area (Å²) in [5.41, 5.74) is 6.52. The summed E-state index contributed by atoms with van der Waals surface area (Å²) in [5.74, 6) is -0.310. The van der Waals surface area contributed by atoms with E-state index in [0.717, 1.165) is 34.9 Å². The lowest BCUT2D eigenvalue weighted by atomic mass is 10.0. The largest absolute Gasteiger partial charge is 0.464 e. The Balaban J connectivity index is 1.55. The molecule has 0 saturated carbocycles. The van der Waals surface area contributed by atoms with Crippen LogP contribution in [0.1, 0.15) is 39.0 Å². The molecule has 2 amide bonds. The summed E-state index contributed by atoms with van der Waals surface area (Å²) in [6.07, 6.45) is 5.28. The van der Waals surface area contributed by atoms with Crippen LogP contribution in [-0.2, 0) is 24.1 Å². The number of hydrogen-bond acceptors (Lipinski definition) is 3. The number of anilines is 1. The molecule has 5 nitrogen and oxygen atoms in total. The fourth-order valence-corrected chi connectivity index (χ4v) is 3.69.